The predicted octanol–water partition coefficient (Wildman–Crippen LogP) is 7.90. The second-order valence-electron chi connectivity index (χ2n) is 16.3. The van der Waals surface area contributed by atoms with Crippen molar-refractivity contribution in [3.05, 3.63) is 11.6 Å². The Hall–Kier alpha value is -1.11. The van der Waals surface area contributed by atoms with Crippen molar-refractivity contribution >= 4 is 6.09 Å². The Balaban J connectivity index is 1.25. The van der Waals surface area contributed by atoms with E-state index in [1.807, 2.05) is 0 Å². The fourth-order valence-electron chi connectivity index (χ4n) is 10.6. The van der Waals surface area contributed by atoms with Gasteiger partial charge in [0.05, 0.1) is 0 Å². The van der Waals surface area contributed by atoms with Gasteiger partial charge >= 0.3 is 6.09 Å². The maximum Gasteiger partial charge on any atom is 0.407 e. The van der Waals surface area contributed by atoms with Gasteiger partial charge in [0.15, 0.2) is 0 Å². The van der Waals surface area contributed by atoms with E-state index in [-0.39, 0.29) is 12.2 Å². The number of carbonyl (C=O) groups excluding carboxylic acids is 1. The van der Waals surface area contributed by atoms with Crippen LogP contribution in [-0.2, 0) is 4.74 Å². The van der Waals surface area contributed by atoms with Gasteiger partial charge in [-0.25, -0.2) is 4.79 Å². The van der Waals surface area contributed by atoms with Crippen LogP contribution in [0.2, 0.25) is 0 Å². The van der Waals surface area contributed by atoms with Crippen molar-refractivity contribution in [1.82, 2.24) is 10.2 Å². The molecule has 4 aliphatic rings. The summed E-state index contributed by atoms with van der Waals surface area (Å²) in [5.74, 6) is 5.13. The highest BCUT2D eigenvalue weighted by Gasteiger charge is 2.59. The van der Waals surface area contributed by atoms with E-state index in [1.54, 1.807) is 5.57 Å². The number of nitrogens with one attached hydrogen (secondary N) is 1. The molecular formula is C38H70N4O2. The average molecular weight is 615 g/mol. The summed E-state index contributed by atoms with van der Waals surface area (Å²) in [4.78, 5) is 15.2. The summed E-state index contributed by atoms with van der Waals surface area (Å²) >= 11 is 0. The number of alkyl carbamates (subject to hydrolysis) is 1. The van der Waals surface area contributed by atoms with Crippen LogP contribution in [0.4, 0.5) is 4.79 Å². The first-order chi connectivity index (χ1) is 21.1. The van der Waals surface area contributed by atoms with Crippen LogP contribution in [0.3, 0.4) is 0 Å². The highest BCUT2D eigenvalue weighted by atomic mass is 16.6. The zero-order valence-electron chi connectivity index (χ0n) is 29.4. The van der Waals surface area contributed by atoms with E-state index in [9.17, 15) is 4.79 Å². The molecule has 1 amide bonds. The van der Waals surface area contributed by atoms with Crippen molar-refractivity contribution in [3.8, 4) is 0 Å². The van der Waals surface area contributed by atoms with Crippen molar-refractivity contribution in [3.63, 3.8) is 0 Å². The molecule has 6 heteroatoms. The number of nitrogens with zero attached hydrogens (tertiary/aromatic N) is 1. The molecular weight excluding hydrogens is 544 g/mol. The summed E-state index contributed by atoms with van der Waals surface area (Å²) in [5, 5.41) is 3.04. The first kappa shape index (κ1) is 35.7. The number of nitrogens with two attached hydrogens (primary N) is 2. The van der Waals surface area contributed by atoms with Crippen LogP contribution in [0.1, 0.15) is 131 Å². The molecule has 4 rings (SSSR count). The largest absolute Gasteiger partial charge is 0.446 e. The quantitative estimate of drug-likeness (QED) is 0.114. The molecule has 254 valence electrons. The molecule has 0 radical (unpaired) electrons. The van der Waals surface area contributed by atoms with Gasteiger partial charge in [0.1, 0.15) is 6.10 Å². The normalized spacial score (nSPS) is 33.8. The van der Waals surface area contributed by atoms with E-state index in [0.29, 0.717) is 23.9 Å². The summed E-state index contributed by atoms with van der Waals surface area (Å²) in [6, 6.07) is 0. The average Bonchev–Trinajstić information content (AvgIpc) is 3.35. The molecule has 0 spiro atoms. The Bertz CT molecular complexity index is 923. The summed E-state index contributed by atoms with van der Waals surface area (Å²) in [6.45, 7) is 17.7. The van der Waals surface area contributed by atoms with E-state index in [2.05, 4.69) is 50.9 Å². The van der Waals surface area contributed by atoms with E-state index in [4.69, 9.17) is 16.2 Å². The Kier molecular flexibility index (Phi) is 13.5. The number of ether oxygens (including phenoxy) is 1. The number of hydrogen-bond acceptors (Lipinski definition) is 5. The van der Waals surface area contributed by atoms with Crippen molar-refractivity contribution in [2.45, 2.75) is 137 Å². The molecule has 0 saturated heterocycles. The van der Waals surface area contributed by atoms with Gasteiger partial charge in [0, 0.05) is 13.0 Å². The van der Waals surface area contributed by atoms with Gasteiger partial charge in [0.25, 0.3) is 0 Å². The fraction of sp³-hybridized carbons (Fsp3) is 0.921. The standard InChI is InChI=1S/C38H70N4O2/c1-28(2)11-8-12-29(3)33-15-16-34-32-14-13-30-27-31(17-19-37(30,4)35(32)18-20-38(33,34)5)44-36(43)41-23-10-26-42(25-9-22-40)24-7-6-21-39/h13,28-29,31-35H,6-12,14-27,39-40H2,1-5H3,(H,41,43). The minimum absolute atomic E-state index is 0.0135. The van der Waals surface area contributed by atoms with E-state index >= 15 is 0 Å². The van der Waals surface area contributed by atoms with Gasteiger partial charge in [-0.1, -0.05) is 65.5 Å². The number of amides is 1. The van der Waals surface area contributed by atoms with Gasteiger partial charge in [-0.05, 0) is 150 Å². The monoisotopic (exact) mass is 615 g/mol. The molecule has 8 atom stereocenters. The lowest BCUT2D eigenvalue weighted by Crippen LogP contribution is -2.51. The Labute approximate surface area is 271 Å². The summed E-state index contributed by atoms with van der Waals surface area (Å²) < 4.78 is 6.01. The van der Waals surface area contributed by atoms with Crippen molar-refractivity contribution in [2.24, 2.45) is 57.8 Å². The number of rotatable bonds is 17. The Morgan fingerprint density at radius 2 is 1.68 bits per heavy atom. The maximum atomic E-state index is 12.8. The zero-order valence-corrected chi connectivity index (χ0v) is 29.4. The first-order valence-corrected chi connectivity index (χ1v) is 18.9. The van der Waals surface area contributed by atoms with Crippen molar-refractivity contribution in [1.29, 1.82) is 0 Å². The maximum absolute atomic E-state index is 12.8. The number of hydrogen-bond donors (Lipinski definition) is 3. The van der Waals surface area contributed by atoms with Gasteiger partial charge < -0.3 is 26.4 Å². The minimum Gasteiger partial charge on any atom is -0.446 e. The van der Waals surface area contributed by atoms with E-state index in [1.165, 1.54) is 51.4 Å². The van der Waals surface area contributed by atoms with Gasteiger partial charge in [-0.2, -0.15) is 0 Å². The van der Waals surface area contributed by atoms with Gasteiger partial charge in [0.2, 0.25) is 0 Å². The van der Waals surface area contributed by atoms with Crippen molar-refractivity contribution < 1.29 is 9.53 Å². The second-order valence-corrected chi connectivity index (χ2v) is 16.3. The lowest BCUT2D eigenvalue weighted by Gasteiger charge is -2.58. The molecule has 44 heavy (non-hydrogen) atoms. The minimum atomic E-state index is -0.238. The van der Waals surface area contributed by atoms with Crippen LogP contribution in [-0.4, -0.2) is 56.4 Å². The number of fused-ring (bicyclic) bond motifs is 5. The van der Waals surface area contributed by atoms with Gasteiger partial charge in [-0.3, -0.25) is 0 Å². The molecule has 5 N–H and O–H groups in total. The molecule has 0 aromatic rings. The smallest absolute Gasteiger partial charge is 0.407 e. The molecule has 3 saturated carbocycles. The summed E-state index contributed by atoms with van der Waals surface area (Å²) in [7, 11) is 0. The van der Waals surface area contributed by atoms with Crippen LogP contribution in [0.25, 0.3) is 0 Å². The third-order valence-electron chi connectivity index (χ3n) is 13.1. The molecule has 6 nitrogen and oxygen atoms in total. The number of carbonyl (C=O) groups is 1. The van der Waals surface area contributed by atoms with E-state index in [0.717, 1.165) is 107 Å². The van der Waals surface area contributed by atoms with Gasteiger partial charge in [-0.15, -0.1) is 0 Å². The molecule has 0 aliphatic heterocycles. The van der Waals surface area contributed by atoms with Crippen LogP contribution in [0, 0.1) is 46.3 Å². The molecule has 4 aliphatic carbocycles. The molecule has 3 fully saturated rings. The fourth-order valence-corrected chi connectivity index (χ4v) is 10.6. The predicted molar refractivity (Wildman–Crippen MR) is 184 cm³/mol. The lowest BCUT2D eigenvalue weighted by molar-refractivity contribution is -0.0581. The van der Waals surface area contributed by atoms with E-state index < -0.39 is 0 Å². The number of unbranched alkanes of at least 4 members (excludes halogenated alkanes) is 1. The molecule has 0 aromatic carbocycles. The SMILES string of the molecule is CC(C)CCCC(C)C1CCC2C3CC=C4CC(OC(=O)NCCCN(CCCN)CCCCN)CCC4(C)C3CCC12C. The highest BCUT2D eigenvalue weighted by molar-refractivity contribution is 5.67. The van der Waals surface area contributed by atoms with Crippen LogP contribution < -0.4 is 16.8 Å². The third kappa shape index (κ3) is 8.62. The summed E-state index contributed by atoms with van der Waals surface area (Å²) in [6.07, 6.45) is 20.7. The Morgan fingerprint density at radius 3 is 2.43 bits per heavy atom. The first-order valence-electron chi connectivity index (χ1n) is 18.9. The molecule has 8 unspecified atom stereocenters. The van der Waals surface area contributed by atoms with Crippen LogP contribution in [0.5, 0.6) is 0 Å². The van der Waals surface area contributed by atoms with Crippen molar-refractivity contribution in [2.75, 3.05) is 39.3 Å². The lowest BCUT2D eigenvalue weighted by atomic mass is 9.47. The topological polar surface area (TPSA) is 93.6 Å². The second kappa shape index (κ2) is 16.6. The van der Waals surface area contributed by atoms with Crippen LogP contribution >= 0.6 is 0 Å². The molecule has 0 heterocycles. The molecule has 0 bridgehead atoms. The van der Waals surface area contributed by atoms with Crippen LogP contribution in [0.15, 0.2) is 11.6 Å². The zero-order chi connectivity index (χ0) is 31.7. The third-order valence-corrected chi connectivity index (χ3v) is 13.1. The number of allylic oxidation sites excluding steroid dienone is 1. The summed E-state index contributed by atoms with van der Waals surface area (Å²) in [5.41, 5.74) is 13.8. The molecule has 0 aromatic heterocycles. The Morgan fingerprint density at radius 1 is 0.932 bits per heavy atom. The highest BCUT2D eigenvalue weighted by Crippen LogP contribution is 2.67.